The molecule has 20 heavy (non-hydrogen) atoms. The fraction of sp³-hybridized carbons (Fsp3) is 0.500. The van der Waals surface area contributed by atoms with E-state index in [-0.39, 0.29) is 11.6 Å². The number of nitro groups is 1. The number of amides is 1. The van der Waals surface area contributed by atoms with Gasteiger partial charge in [0.1, 0.15) is 0 Å². The Labute approximate surface area is 118 Å². The van der Waals surface area contributed by atoms with Crippen LogP contribution >= 0.6 is 0 Å². The van der Waals surface area contributed by atoms with Crippen molar-refractivity contribution in [1.29, 1.82) is 0 Å². The Balaban J connectivity index is 3.11. The fourth-order valence-electron chi connectivity index (χ4n) is 1.86. The van der Waals surface area contributed by atoms with Crippen LogP contribution in [0.1, 0.15) is 30.6 Å². The topological polar surface area (TPSA) is 75.5 Å². The summed E-state index contributed by atoms with van der Waals surface area (Å²) in [6, 6.07) is 4.37. The first kappa shape index (κ1) is 15.9. The van der Waals surface area contributed by atoms with Gasteiger partial charge in [-0.15, -0.1) is 0 Å². The first-order valence-electron chi connectivity index (χ1n) is 6.58. The molecule has 0 saturated carbocycles. The second-order valence-corrected chi connectivity index (χ2v) is 5.14. The smallest absolute Gasteiger partial charge is 0.270 e. The van der Waals surface area contributed by atoms with Crippen molar-refractivity contribution in [3.8, 4) is 0 Å². The van der Waals surface area contributed by atoms with Crippen LogP contribution in [-0.2, 0) is 0 Å². The lowest BCUT2D eigenvalue weighted by molar-refractivity contribution is -0.384. The molecule has 0 bridgehead atoms. The molecule has 1 aromatic carbocycles. The van der Waals surface area contributed by atoms with Gasteiger partial charge in [0.2, 0.25) is 0 Å². The molecule has 0 saturated heterocycles. The molecular weight excluding hydrogens is 258 g/mol. The molecule has 0 aliphatic heterocycles. The number of rotatable bonds is 6. The van der Waals surface area contributed by atoms with E-state index in [0.717, 1.165) is 13.0 Å². The van der Waals surface area contributed by atoms with Crippen molar-refractivity contribution in [1.82, 2.24) is 5.32 Å². The number of benzene rings is 1. The van der Waals surface area contributed by atoms with Crippen molar-refractivity contribution in [2.24, 2.45) is 5.92 Å². The molecule has 1 amide bonds. The third-order valence-corrected chi connectivity index (χ3v) is 3.12. The second-order valence-electron chi connectivity index (χ2n) is 5.14. The SMILES string of the molecule is CNC(=O)c1cc([N+](=O)[O-])ccc1N(C)CCC(C)C. The molecule has 110 valence electrons. The monoisotopic (exact) mass is 279 g/mol. The van der Waals surface area contributed by atoms with Crippen molar-refractivity contribution < 1.29 is 9.72 Å². The van der Waals surface area contributed by atoms with Gasteiger partial charge in [-0.1, -0.05) is 13.8 Å². The number of nitro benzene ring substituents is 1. The maximum absolute atomic E-state index is 11.9. The normalized spacial score (nSPS) is 10.4. The lowest BCUT2D eigenvalue weighted by Crippen LogP contribution is -2.25. The van der Waals surface area contributed by atoms with Crippen molar-refractivity contribution in [2.75, 3.05) is 25.5 Å². The summed E-state index contributed by atoms with van der Waals surface area (Å²) in [4.78, 5) is 24.2. The van der Waals surface area contributed by atoms with Crippen molar-refractivity contribution in [2.45, 2.75) is 20.3 Å². The van der Waals surface area contributed by atoms with Crippen molar-refractivity contribution >= 4 is 17.3 Å². The van der Waals surface area contributed by atoms with Crippen LogP contribution in [0.5, 0.6) is 0 Å². The van der Waals surface area contributed by atoms with Crippen LogP contribution < -0.4 is 10.2 Å². The Bertz CT molecular complexity index is 500. The number of hydrogen-bond acceptors (Lipinski definition) is 4. The third kappa shape index (κ3) is 3.94. The number of carbonyl (C=O) groups is 1. The summed E-state index contributed by atoms with van der Waals surface area (Å²) in [5.41, 5.74) is 0.952. The number of nitrogens with one attached hydrogen (secondary N) is 1. The van der Waals surface area contributed by atoms with Gasteiger partial charge in [-0.25, -0.2) is 0 Å². The van der Waals surface area contributed by atoms with Gasteiger partial charge in [-0.2, -0.15) is 0 Å². The lowest BCUT2D eigenvalue weighted by Gasteiger charge is -2.22. The molecule has 6 heteroatoms. The minimum absolute atomic E-state index is 0.0791. The van der Waals surface area contributed by atoms with E-state index in [1.54, 1.807) is 6.07 Å². The zero-order valence-electron chi connectivity index (χ0n) is 12.3. The third-order valence-electron chi connectivity index (χ3n) is 3.12. The summed E-state index contributed by atoms with van der Waals surface area (Å²) < 4.78 is 0. The highest BCUT2D eigenvalue weighted by molar-refractivity contribution is 6.00. The number of non-ortho nitro benzene ring substituents is 1. The van der Waals surface area contributed by atoms with E-state index in [1.807, 2.05) is 11.9 Å². The van der Waals surface area contributed by atoms with Gasteiger partial charge < -0.3 is 10.2 Å². The highest BCUT2D eigenvalue weighted by atomic mass is 16.6. The van der Waals surface area contributed by atoms with Gasteiger partial charge in [0.05, 0.1) is 10.5 Å². The largest absolute Gasteiger partial charge is 0.374 e. The molecule has 0 heterocycles. The number of nitrogens with zero attached hydrogens (tertiary/aromatic N) is 2. The van der Waals surface area contributed by atoms with Crippen LogP contribution in [0.3, 0.4) is 0 Å². The van der Waals surface area contributed by atoms with Gasteiger partial charge in [0.15, 0.2) is 0 Å². The molecule has 1 aromatic rings. The Morgan fingerprint density at radius 1 is 1.45 bits per heavy atom. The zero-order chi connectivity index (χ0) is 15.3. The van der Waals surface area contributed by atoms with E-state index < -0.39 is 4.92 Å². The van der Waals surface area contributed by atoms with Crippen molar-refractivity contribution in [3.63, 3.8) is 0 Å². The van der Waals surface area contributed by atoms with Crippen LogP contribution in [0.4, 0.5) is 11.4 Å². The van der Waals surface area contributed by atoms with E-state index in [0.29, 0.717) is 17.2 Å². The molecule has 0 fully saturated rings. The van der Waals surface area contributed by atoms with Gasteiger partial charge in [0, 0.05) is 38.5 Å². The maximum atomic E-state index is 11.9. The summed E-state index contributed by atoms with van der Waals surface area (Å²) in [6.45, 7) is 5.05. The predicted octanol–water partition coefficient (Wildman–Crippen LogP) is 2.44. The Morgan fingerprint density at radius 2 is 2.10 bits per heavy atom. The van der Waals surface area contributed by atoms with E-state index >= 15 is 0 Å². The summed E-state index contributed by atoms with van der Waals surface area (Å²) in [5, 5.41) is 13.3. The number of hydrogen-bond donors (Lipinski definition) is 1. The first-order chi connectivity index (χ1) is 9.36. The summed E-state index contributed by atoms with van der Waals surface area (Å²) in [6.07, 6.45) is 0.987. The van der Waals surface area contributed by atoms with Crippen LogP contribution in [0.2, 0.25) is 0 Å². The lowest BCUT2D eigenvalue weighted by atomic mass is 10.1. The molecule has 1 rings (SSSR count). The van der Waals surface area contributed by atoms with E-state index in [1.165, 1.54) is 19.2 Å². The number of anilines is 1. The minimum Gasteiger partial charge on any atom is -0.374 e. The number of carbonyl (C=O) groups excluding carboxylic acids is 1. The molecule has 0 unspecified atom stereocenters. The Morgan fingerprint density at radius 3 is 2.60 bits per heavy atom. The van der Waals surface area contributed by atoms with Gasteiger partial charge in [0.25, 0.3) is 11.6 Å². The van der Waals surface area contributed by atoms with Crippen LogP contribution in [-0.4, -0.2) is 31.5 Å². The summed E-state index contributed by atoms with van der Waals surface area (Å²) >= 11 is 0. The molecule has 0 spiro atoms. The molecule has 6 nitrogen and oxygen atoms in total. The Kier molecular flexibility index (Phi) is 5.49. The van der Waals surface area contributed by atoms with Crippen molar-refractivity contribution in [3.05, 3.63) is 33.9 Å². The second kappa shape index (κ2) is 6.88. The zero-order valence-corrected chi connectivity index (χ0v) is 12.3. The van der Waals surface area contributed by atoms with Gasteiger partial charge in [-0.05, 0) is 18.4 Å². The first-order valence-corrected chi connectivity index (χ1v) is 6.58. The molecule has 0 atom stereocenters. The summed E-state index contributed by atoms with van der Waals surface area (Å²) in [7, 11) is 3.40. The molecule has 0 radical (unpaired) electrons. The highest BCUT2D eigenvalue weighted by Gasteiger charge is 2.18. The Hall–Kier alpha value is -2.11. The molecule has 0 aromatic heterocycles. The predicted molar refractivity (Wildman–Crippen MR) is 79.2 cm³/mol. The quantitative estimate of drug-likeness (QED) is 0.641. The van der Waals surface area contributed by atoms with E-state index in [2.05, 4.69) is 19.2 Å². The average Bonchev–Trinajstić information content (AvgIpc) is 2.42. The highest BCUT2D eigenvalue weighted by Crippen LogP contribution is 2.25. The summed E-state index contributed by atoms with van der Waals surface area (Å²) in [5.74, 6) is 0.235. The molecule has 0 aliphatic carbocycles. The van der Waals surface area contributed by atoms with Crippen LogP contribution in [0.15, 0.2) is 18.2 Å². The van der Waals surface area contributed by atoms with Crippen LogP contribution in [0.25, 0.3) is 0 Å². The minimum atomic E-state index is -0.496. The standard InChI is InChI=1S/C14H21N3O3/c1-10(2)7-8-16(4)13-6-5-11(17(19)20)9-12(13)14(18)15-3/h5-6,9-10H,7-8H2,1-4H3,(H,15,18). The van der Waals surface area contributed by atoms with E-state index in [9.17, 15) is 14.9 Å². The molecule has 1 N–H and O–H groups in total. The van der Waals surface area contributed by atoms with E-state index in [4.69, 9.17) is 0 Å². The molecule has 0 aliphatic rings. The maximum Gasteiger partial charge on any atom is 0.270 e. The van der Waals surface area contributed by atoms with Gasteiger partial charge in [-0.3, -0.25) is 14.9 Å². The fourth-order valence-corrected chi connectivity index (χ4v) is 1.86. The van der Waals surface area contributed by atoms with Crippen LogP contribution in [0, 0.1) is 16.0 Å². The average molecular weight is 279 g/mol. The van der Waals surface area contributed by atoms with Gasteiger partial charge >= 0.3 is 0 Å². The molecular formula is C14H21N3O3.